The molecule has 0 aromatic heterocycles. The molecule has 2 aromatic carbocycles. The molecule has 4 rings (SSSR count). The molecule has 46 heavy (non-hydrogen) atoms. The van der Waals surface area contributed by atoms with E-state index in [1.165, 1.54) is 39.2 Å². The van der Waals surface area contributed by atoms with Gasteiger partial charge in [-0.1, -0.05) is 82.0 Å². The van der Waals surface area contributed by atoms with Crippen molar-refractivity contribution in [3.8, 4) is 11.5 Å². The second-order valence-electron chi connectivity index (χ2n) is 12.1. The van der Waals surface area contributed by atoms with Crippen LogP contribution in [0.5, 0.6) is 11.5 Å². The number of carbonyl (C=O) groups excluding carboxylic acids is 3. The van der Waals surface area contributed by atoms with E-state index in [1.807, 2.05) is 12.1 Å². The van der Waals surface area contributed by atoms with E-state index in [4.69, 9.17) is 21.1 Å². The van der Waals surface area contributed by atoms with Crippen LogP contribution in [0.3, 0.4) is 0 Å². The number of aldehydes is 1. The maximum atomic E-state index is 13.9. The molecule has 10 heteroatoms. The van der Waals surface area contributed by atoms with Gasteiger partial charge in [-0.25, -0.2) is 0 Å². The molecule has 0 unspecified atom stereocenters. The van der Waals surface area contributed by atoms with Crippen molar-refractivity contribution in [1.82, 2.24) is 10.2 Å². The quantitative estimate of drug-likeness (QED) is 0.138. The lowest BCUT2D eigenvalue weighted by molar-refractivity contribution is -0.138. The van der Waals surface area contributed by atoms with Crippen LogP contribution in [0, 0.1) is 0 Å². The second kappa shape index (κ2) is 17.5. The minimum atomic E-state index is -1.20. The molecule has 2 amide bonds. The summed E-state index contributed by atoms with van der Waals surface area (Å²) in [7, 11) is 1.46. The minimum Gasteiger partial charge on any atom is -0.493 e. The van der Waals surface area contributed by atoms with Gasteiger partial charge < -0.3 is 29.9 Å². The zero-order valence-electron chi connectivity index (χ0n) is 26.9. The molecule has 0 radical (unpaired) electrons. The van der Waals surface area contributed by atoms with Gasteiger partial charge in [0.2, 0.25) is 11.8 Å². The highest BCUT2D eigenvalue weighted by Crippen LogP contribution is 2.51. The number of aliphatic hydroxyl groups excluding tert-OH is 2. The number of hydrogen-bond acceptors (Lipinski definition) is 7. The van der Waals surface area contributed by atoms with Crippen molar-refractivity contribution < 1.29 is 34.1 Å². The average Bonchev–Trinajstić information content (AvgIpc) is 3.46. The van der Waals surface area contributed by atoms with Gasteiger partial charge in [-0.05, 0) is 42.3 Å². The molecule has 0 saturated heterocycles. The number of methoxy groups -OCH3 is 1. The molecule has 0 bridgehead atoms. The van der Waals surface area contributed by atoms with Crippen LogP contribution in [0.15, 0.2) is 48.0 Å². The number of rotatable bonds is 18. The topological polar surface area (TPSA) is 125 Å². The van der Waals surface area contributed by atoms with Gasteiger partial charge in [-0.2, -0.15) is 0 Å². The first-order chi connectivity index (χ1) is 22.3. The Balaban J connectivity index is 1.62. The standard InChI is InChI=1S/C36H47ClN2O7/c1-3-4-5-6-7-8-9-10-11-12-31(42)39(22-24-13-15-26(37)16-14-24)29-21-28(36(44)38-17-18-40)32-27-19-25(23-41)20-30(45-2)34(27)46-35(32)33(29)43/h13-16,19-21,23,29,32-33,35,40,43H,3-12,17-18,22H2,1-2H3,(H,38,44)/t29-,32+,33+,35+/m1/s1. The van der Waals surface area contributed by atoms with Crippen molar-refractivity contribution in [1.29, 1.82) is 0 Å². The predicted octanol–water partition coefficient (Wildman–Crippen LogP) is 5.73. The van der Waals surface area contributed by atoms with Crippen molar-refractivity contribution >= 4 is 29.7 Å². The van der Waals surface area contributed by atoms with E-state index < -0.39 is 30.1 Å². The van der Waals surface area contributed by atoms with Gasteiger partial charge in [0.15, 0.2) is 11.5 Å². The van der Waals surface area contributed by atoms with Gasteiger partial charge in [0.1, 0.15) is 18.5 Å². The Morgan fingerprint density at radius 3 is 2.35 bits per heavy atom. The first-order valence-corrected chi connectivity index (χ1v) is 16.9. The first kappa shape index (κ1) is 35.5. The summed E-state index contributed by atoms with van der Waals surface area (Å²) < 4.78 is 11.8. The van der Waals surface area contributed by atoms with E-state index in [0.29, 0.717) is 40.4 Å². The van der Waals surface area contributed by atoms with Crippen LogP contribution in [0.2, 0.25) is 5.02 Å². The highest BCUT2D eigenvalue weighted by atomic mass is 35.5. The molecule has 2 aliphatic rings. The number of halogens is 1. The Labute approximate surface area is 276 Å². The molecule has 4 atom stereocenters. The van der Waals surface area contributed by atoms with Crippen molar-refractivity contribution in [2.24, 2.45) is 0 Å². The number of fused-ring (bicyclic) bond motifs is 3. The molecular formula is C36H47ClN2O7. The molecule has 0 spiro atoms. The van der Waals surface area contributed by atoms with Gasteiger partial charge in [-0.15, -0.1) is 0 Å². The predicted molar refractivity (Wildman–Crippen MR) is 177 cm³/mol. The zero-order valence-corrected chi connectivity index (χ0v) is 27.6. The molecule has 3 N–H and O–H groups in total. The smallest absolute Gasteiger partial charge is 0.247 e. The normalized spacial score (nSPS) is 19.8. The molecule has 9 nitrogen and oxygen atoms in total. The first-order valence-electron chi connectivity index (χ1n) is 16.5. The summed E-state index contributed by atoms with van der Waals surface area (Å²) in [5.74, 6) is -0.659. The van der Waals surface area contributed by atoms with Crippen molar-refractivity contribution in [2.75, 3.05) is 20.3 Å². The maximum Gasteiger partial charge on any atom is 0.247 e. The Hall–Kier alpha value is -3.40. The van der Waals surface area contributed by atoms with Crippen LogP contribution < -0.4 is 14.8 Å². The van der Waals surface area contributed by atoms with Crippen molar-refractivity contribution in [3.05, 3.63) is 69.8 Å². The molecule has 0 fully saturated rings. The van der Waals surface area contributed by atoms with Crippen molar-refractivity contribution in [2.45, 2.75) is 102 Å². The summed E-state index contributed by atoms with van der Waals surface area (Å²) in [4.78, 5) is 40.9. The van der Waals surface area contributed by atoms with E-state index >= 15 is 0 Å². The number of nitrogens with one attached hydrogen (secondary N) is 1. The lowest BCUT2D eigenvalue weighted by atomic mass is 9.77. The number of unbranched alkanes of at least 4 members (excludes halogenated alkanes) is 8. The number of aliphatic hydroxyl groups is 2. The minimum absolute atomic E-state index is 0.0260. The molecular weight excluding hydrogens is 608 g/mol. The number of carbonyl (C=O) groups is 3. The fourth-order valence-electron chi connectivity index (χ4n) is 6.44. The van der Waals surface area contributed by atoms with Crippen LogP contribution >= 0.6 is 11.6 Å². The number of nitrogens with zero attached hydrogens (tertiary/aromatic N) is 1. The third-order valence-electron chi connectivity index (χ3n) is 8.85. The van der Waals surface area contributed by atoms with Crippen LogP contribution in [0.4, 0.5) is 0 Å². The molecule has 0 saturated carbocycles. The highest BCUT2D eigenvalue weighted by molar-refractivity contribution is 6.30. The lowest BCUT2D eigenvalue weighted by Crippen LogP contribution is -2.55. The summed E-state index contributed by atoms with van der Waals surface area (Å²) in [6.45, 7) is 2.18. The number of hydrogen-bond donors (Lipinski definition) is 3. The van der Waals surface area contributed by atoms with E-state index in [-0.39, 0.29) is 31.2 Å². The largest absolute Gasteiger partial charge is 0.493 e. The van der Waals surface area contributed by atoms with Crippen LogP contribution in [-0.4, -0.2) is 71.7 Å². The fourth-order valence-corrected chi connectivity index (χ4v) is 6.56. The summed E-state index contributed by atoms with van der Waals surface area (Å²) in [6, 6.07) is 9.48. The van der Waals surface area contributed by atoms with E-state index in [1.54, 1.807) is 35.2 Å². The Morgan fingerprint density at radius 2 is 1.72 bits per heavy atom. The third-order valence-corrected chi connectivity index (χ3v) is 9.10. The summed E-state index contributed by atoms with van der Waals surface area (Å²) in [6.07, 6.45) is 10.6. The number of ether oxygens (including phenoxy) is 2. The van der Waals surface area contributed by atoms with Gasteiger partial charge in [0.25, 0.3) is 0 Å². The Bertz CT molecular complexity index is 1360. The SMILES string of the molecule is CCCCCCCCCCCC(=O)N(Cc1ccc(Cl)cc1)[C@@H]1C=C(C(=O)NCCO)[C@@H]2c3cc(C=O)cc(OC)c3O[C@@H]2[C@H]1O. The van der Waals surface area contributed by atoms with Crippen LogP contribution in [-0.2, 0) is 16.1 Å². The molecule has 1 aliphatic heterocycles. The van der Waals surface area contributed by atoms with Gasteiger partial charge in [0, 0.05) is 41.2 Å². The molecule has 2 aromatic rings. The number of benzene rings is 2. The molecule has 250 valence electrons. The highest BCUT2D eigenvalue weighted by Gasteiger charge is 2.51. The van der Waals surface area contributed by atoms with Crippen LogP contribution in [0.1, 0.15) is 98.5 Å². The van der Waals surface area contributed by atoms with Gasteiger partial charge in [0.05, 0.1) is 25.7 Å². The van der Waals surface area contributed by atoms with Crippen LogP contribution in [0.25, 0.3) is 0 Å². The molecule has 1 aliphatic carbocycles. The summed E-state index contributed by atoms with van der Waals surface area (Å²) >= 11 is 6.13. The Morgan fingerprint density at radius 1 is 1.04 bits per heavy atom. The van der Waals surface area contributed by atoms with E-state index in [2.05, 4.69) is 12.2 Å². The third kappa shape index (κ3) is 8.69. The summed E-state index contributed by atoms with van der Waals surface area (Å²) in [5.41, 5.74) is 1.99. The fraction of sp³-hybridized carbons (Fsp3) is 0.528. The number of amides is 2. The Kier molecular flexibility index (Phi) is 13.5. The second-order valence-corrected chi connectivity index (χ2v) is 12.6. The van der Waals surface area contributed by atoms with Gasteiger partial charge >= 0.3 is 0 Å². The molecule has 1 heterocycles. The monoisotopic (exact) mass is 654 g/mol. The maximum absolute atomic E-state index is 13.9. The van der Waals surface area contributed by atoms with Gasteiger partial charge in [-0.3, -0.25) is 14.4 Å². The van der Waals surface area contributed by atoms with Crippen molar-refractivity contribution in [3.63, 3.8) is 0 Å². The average molecular weight is 655 g/mol. The van der Waals surface area contributed by atoms with E-state index in [0.717, 1.165) is 31.2 Å². The summed E-state index contributed by atoms with van der Waals surface area (Å²) in [5, 5.41) is 24.6. The zero-order chi connectivity index (χ0) is 33.1. The van der Waals surface area contributed by atoms with E-state index in [9.17, 15) is 24.6 Å². The lowest BCUT2D eigenvalue weighted by Gasteiger charge is -2.41.